The largest absolute Gasteiger partial charge is 0.464 e. The van der Waals surface area contributed by atoms with Crippen LogP contribution in [0.3, 0.4) is 0 Å². The van der Waals surface area contributed by atoms with E-state index in [2.05, 4.69) is 186 Å². The van der Waals surface area contributed by atoms with Gasteiger partial charge in [0.05, 0.1) is 5.69 Å². The van der Waals surface area contributed by atoms with Crippen LogP contribution < -0.4 is 15.0 Å². The van der Waals surface area contributed by atoms with Crippen molar-refractivity contribution in [2.45, 2.75) is 6.23 Å². The topological polar surface area (TPSA) is 37.6 Å². The smallest absolute Gasteiger partial charge is 0.196 e. The van der Waals surface area contributed by atoms with Crippen molar-refractivity contribution in [3.63, 3.8) is 0 Å². The summed E-state index contributed by atoms with van der Waals surface area (Å²) in [7, 11) is 0. The van der Waals surface area contributed by atoms with Crippen LogP contribution in [-0.4, -0.2) is 0 Å². The third-order valence-electron chi connectivity index (χ3n) is 10.7. The summed E-state index contributed by atoms with van der Waals surface area (Å²) in [4.78, 5) is 2.33. The zero-order chi connectivity index (χ0) is 34.9. The number of anilines is 4. The van der Waals surface area contributed by atoms with E-state index in [0.717, 1.165) is 82.9 Å². The Labute approximate surface area is 306 Å². The fourth-order valence-corrected chi connectivity index (χ4v) is 8.06. The average molecular weight is 681 g/mol. The van der Waals surface area contributed by atoms with Crippen molar-refractivity contribution in [3.8, 4) is 16.9 Å². The number of nitrogens with one attached hydrogen (secondary N) is 1. The van der Waals surface area contributed by atoms with Crippen LogP contribution in [0.15, 0.2) is 186 Å². The molecule has 9 aromatic carbocycles. The second-order valence-corrected chi connectivity index (χ2v) is 13.8. The lowest BCUT2D eigenvalue weighted by Crippen LogP contribution is -2.10. The maximum absolute atomic E-state index is 6.71. The van der Waals surface area contributed by atoms with Crippen molar-refractivity contribution < 1.29 is 9.15 Å². The molecule has 0 bridgehead atoms. The van der Waals surface area contributed by atoms with Crippen LogP contribution in [0.25, 0.3) is 65.4 Å². The summed E-state index contributed by atoms with van der Waals surface area (Å²) in [6.45, 7) is 0. The van der Waals surface area contributed by atoms with Gasteiger partial charge < -0.3 is 19.4 Å². The van der Waals surface area contributed by atoms with E-state index < -0.39 is 0 Å². The Kier molecular flexibility index (Phi) is 6.58. The van der Waals surface area contributed by atoms with Crippen molar-refractivity contribution in [1.29, 1.82) is 0 Å². The number of ether oxygens (including phenoxy) is 1. The molecule has 4 nitrogen and oxygen atoms in total. The molecule has 2 heterocycles. The van der Waals surface area contributed by atoms with Crippen molar-refractivity contribution in [2.24, 2.45) is 0 Å². The first-order valence-corrected chi connectivity index (χ1v) is 18.0. The van der Waals surface area contributed by atoms with E-state index in [1.165, 1.54) is 16.5 Å². The second-order valence-electron chi connectivity index (χ2n) is 13.8. The molecule has 0 amide bonds. The SMILES string of the molecule is c1ccc(-c2ccc(N(c3ccc4c(c3)oc3c5ccccc5ccc43)c3ccc4ccc5ccc6c(c5c4c3)OC(c3ccccc3)N6)cc2)cc1. The Morgan fingerprint density at radius 1 is 0.453 bits per heavy atom. The molecule has 1 aromatic heterocycles. The molecule has 1 aliphatic heterocycles. The summed E-state index contributed by atoms with van der Waals surface area (Å²) in [5.41, 5.74) is 9.34. The van der Waals surface area contributed by atoms with E-state index in [1.54, 1.807) is 0 Å². The molecule has 0 saturated heterocycles. The summed E-state index contributed by atoms with van der Waals surface area (Å²) in [6.07, 6.45) is -0.248. The number of furan rings is 1. The van der Waals surface area contributed by atoms with Crippen LogP contribution in [0.4, 0.5) is 22.7 Å². The first-order chi connectivity index (χ1) is 26.2. The molecule has 0 radical (unpaired) electrons. The first-order valence-electron chi connectivity index (χ1n) is 18.0. The highest BCUT2D eigenvalue weighted by Gasteiger charge is 2.26. The Hall–Kier alpha value is -7.04. The number of hydrogen-bond acceptors (Lipinski definition) is 4. The van der Waals surface area contributed by atoms with Crippen molar-refractivity contribution in [1.82, 2.24) is 0 Å². The van der Waals surface area contributed by atoms with Crippen LogP contribution in [0.5, 0.6) is 5.75 Å². The summed E-state index contributed by atoms with van der Waals surface area (Å²) < 4.78 is 13.4. The number of hydrogen-bond donors (Lipinski definition) is 1. The van der Waals surface area contributed by atoms with Gasteiger partial charge in [-0.25, -0.2) is 0 Å². The molecule has 1 aliphatic rings. The van der Waals surface area contributed by atoms with Crippen LogP contribution in [-0.2, 0) is 0 Å². The van der Waals surface area contributed by atoms with Gasteiger partial charge in [0.15, 0.2) is 12.0 Å². The minimum Gasteiger partial charge on any atom is -0.464 e. The quantitative estimate of drug-likeness (QED) is 0.184. The van der Waals surface area contributed by atoms with E-state index in [9.17, 15) is 0 Å². The van der Waals surface area contributed by atoms with Gasteiger partial charge in [-0.2, -0.15) is 0 Å². The van der Waals surface area contributed by atoms with Gasteiger partial charge in [0.25, 0.3) is 0 Å². The average Bonchev–Trinajstić information content (AvgIpc) is 3.84. The Balaban J connectivity index is 1.10. The highest BCUT2D eigenvalue weighted by atomic mass is 16.5. The molecule has 0 aliphatic carbocycles. The minimum atomic E-state index is -0.248. The number of benzene rings is 9. The molecule has 0 saturated carbocycles. The van der Waals surface area contributed by atoms with E-state index in [-0.39, 0.29) is 6.23 Å². The highest BCUT2D eigenvalue weighted by molar-refractivity contribution is 6.16. The summed E-state index contributed by atoms with van der Waals surface area (Å²) in [6, 6.07) is 64.5. The van der Waals surface area contributed by atoms with Crippen LogP contribution in [0, 0.1) is 0 Å². The van der Waals surface area contributed by atoms with Crippen LogP contribution in [0.2, 0.25) is 0 Å². The predicted octanol–water partition coefficient (Wildman–Crippen LogP) is 13.7. The summed E-state index contributed by atoms with van der Waals surface area (Å²) >= 11 is 0. The van der Waals surface area contributed by atoms with E-state index >= 15 is 0 Å². The second kappa shape index (κ2) is 11.8. The van der Waals surface area contributed by atoms with Crippen molar-refractivity contribution in [3.05, 3.63) is 188 Å². The molecular formula is C49H32N2O2. The molecule has 4 heteroatoms. The lowest BCUT2D eigenvalue weighted by molar-refractivity contribution is 0.263. The van der Waals surface area contributed by atoms with Crippen LogP contribution in [0.1, 0.15) is 11.8 Å². The van der Waals surface area contributed by atoms with Crippen molar-refractivity contribution >= 4 is 77.0 Å². The monoisotopic (exact) mass is 680 g/mol. The third kappa shape index (κ3) is 4.84. The zero-order valence-electron chi connectivity index (χ0n) is 28.7. The van der Waals surface area contributed by atoms with Crippen molar-refractivity contribution in [2.75, 3.05) is 10.2 Å². The van der Waals surface area contributed by atoms with Gasteiger partial charge in [0.1, 0.15) is 11.2 Å². The molecule has 250 valence electrons. The Morgan fingerprint density at radius 2 is 1.08 bits per heavy atom. The third-order valence-corrected chi connectivity index (χ3v) is 10.7. The fourth-order valence-electron chi connectivity index (χ4n) is 8.06. The first kappa shape index (κ1) is 29.7. The van der Waals surface area contributed by atoms with E-state index in [4.69, 9.17) is 9.15 Å². The van der Waals surface area contributed by atoms with E-state index in [0.29, 0.717) is 0 Å². The lowest BCUT2D eigenvalue weighted by atomic mass is 9.99. The van der Waals surface area contributed by atoms with E-state index in [1.807, 2.05) is 6.07 Å². The maximum Gasteiger partial charge on any atom is 0.196 e. The van der Waals surface area contributed by atoms with Crippen LogP contribution >= 0.6 is 0 Å². The van der Waals surface area contributed by atoms with Gasteiger partial charge in [0, 0.05) is 50.2 Å². The molecule has 1 atom stereocenters. The standard InChI is InChI=1S/C49H32N2O2/c1-3-9-31(10-4-1)32-17-22-37(23-18-32)51(39-25-27-41-42-26-20-33-11-7-8-14-40(33)47(42)52-45(41)30-39)38-24-19-34-15-16-35-21-28-44-48(46(35)43(34)29-38)53-49(50-44)36-12-5-2-6-13-36/h1-30,49-50H. The predicted molar refractivity (Wildman–Crippen MR) is 220 cm³/mol. The van der Waals surface area contributed by atoms with Gasteiger partial charge in [-0.15, -0.1) is 0 Å². The lowest BCUT2D eigenvalue weighted by Gasteiger charge is -2.26. The molecule has 53 heavy (non-hydrogen) atoms. The van der Waals surface area contributed by atoms with Gasteiger partial charge in [-0.1, -0.05) is 127 Å². The maximum atomic E-state index is 6.71. The number of rotatable bonds is 5. The zero-order valence-corrected chi connectivity index (χ0v) is 28.7. The molecule has 0 fully saturated rings. The fraction of sp³-hybridized carbons (Fsp3) is 0.0204. The normalized spacial score (nSPS) is 13.8. The minimum absolute atomic E-state index is 0.248. The number of fused-ring (bicyclic) bond motifs is 10. The molecule has 11 rings (SSSR count). The van der Waals surface area contributed by atoms with Gasteiger partial charge in [-0.05, 0) is 81.2 Å². The highest BCUT2D eigenvalue weighted by Crippen LogP contribution is 2.47. The van der Waals surface area contributed by atoms with Gasteiger partial charge in [0.2, 0.25) is 0 Å². The molecule has 10 aromatic rings. The number of nitrogens with zero attached hydrogens (tertiary/aromatic N) is 1. The molecule has 0 spiro atoms. The Morgan fingerprint density at radius 3 is 1.94 bits per heavy atom. The molecular weight excluding hydrogens is 649 g/mol. The van der Waals surface area contributed by atoms with Gasteiger partial charge >= 0.3 is 0 Å². The molecule has 1 unspecified atom stereocenters. The summed E-state index contributed by atoms with van der Waals surface area (Å²) in [5.74, 6) is 0.883. The Bertz CT molecular complexity index is 3010. The van der Waals surface area contributed by atoms with Gasteiger partial charge in [-0.3, -0.25) is 0 Å². The summed E-state index contributed by atoms with van der Waals surface area (Å²) in [5, 5.41) is 12.7. The molecule has 1 N–H and O–H groups in total.